The second-order valence-electron chi connectivity index (χ2n) is 5.60. The summed E-state index contributed by atoms with van der Waals surface area (Å²) in [5.41, 5.74) is 3.52. The van der Waals surface area contributed by atoms with Gasteiger partial charge in [0.2, 0.25) is 5.28 Å². The van der Waals surface area contributed by atoms with Crippen LogP contribution in [0, 0.1) is 0 Å². The number of hydrogen-bond donors (Lipinski definition) is 2. The number of anilines is 1. The van der Waals surface area contributed by atoms with Crippen LogP contribution < -0.4 is 5.32 Å². The molecule has 0 bridgehead atoms. The molecule has 6 heteroatoms. The molecule has 2 N–H and O–H groups in total. The molecule has 4 nitrogen and oxygen atoms in total. The van der Waals surface area contributed by atoms with E-state index in [4.69, 9.17) is 16.7 Å². The van der Waals surface area contributed by atoms with Crippen LogP contribution in [0.4, 0.5) is 5.82 Å². The average molecular weight is 348 g/mol. The number of benzene rings is 1. The third-order valence-corrected chi connectivity index (χ3v) is 4.74. The summed E-state index contributed by atoms with van der Waals surface area (Å²) >= 11 is 7.54. The predicted octanol–water partition coefficient (Wildman–Crippen LogP) is 4.54. The molecule has 0 aliphatic heterocycles. The number of aliphatic hydroxyl groups is 1. The molecule has 3 rings (SSSR count). The van der Waals surface area contributed by atoms with Crippen LogP contribution >= 0.6 is 22.9 Å². The Morgan fingerprint density at radius 1 is 1.22 bits per heavy atom. The number of halogens is 1. The van der Waals surface area contributed by atoms with Crippen molar-refractivity contribution in [2.24, 2.45) is 0 Å². The lowest BCUT2D eigenvalue weighted by molar-refractivity contribution is 0.311. The Morgan fingerprint density at radius 3 is 2.61 bits per heavy atom. The second kappa shape index (κ2) is 6.83. The molecule has 0 spiro atoms. The SMILES string of the molecule is CC(C)c1ccc(-c2csc3nc(Cl)nc(NCCO)c23)cc1. The van der Waals surface area contributed by atoms with Crippen LogP contribution in [-0.2, 0) is 0 Å². The highest BCUT2D eigenvalue weighted by Gasteiger charge is 2.15. The minimum Gasteiger partial charge on any atom is -0.395 e. The molecule has 3 aromatic rings. The highest BCUT2D eigenvalue weighted by Crippen LogP contribution is 2.37. The fourth-order valence-electron chi connectivity index (χ4n) is 2.48. The van der Waals surface area contributed by atoms with Gasteiger partial charge in [0.1, 0.15) is 10.6 Å². The lowest BCUT2D eigenvalue weighted by Gasteiger charge is -2.09. The molecule has 0 fully saturated rings. The monoisotopic (exact) mass is 347 g/mol. The molecule has 0 amide bonds. The van der Waals surface area contributed by atoms with E-state index in [-0.39, 0.29) is 11.9 Å². The molecule has 2 aromatic heterocycles. The molecule has 23 heavy (non-hydrogen) atoms. The zero-order chi connectivity index (χ0) is 16.4. The molecule has 2 heterocycles. The van der Waals surface area contributed by atoms with E-state index in [1.807, 2.05) is 0 Å². The zero-order valence-electron chi connectivity index (χ0n) is 13.0. The molecular weight excluding hydrogens is 330 g/mol. The number of nitrogens with zero attached hydrogens (tertiary/aromatic N) is 2. The first-order valence-corrected chi connectivity index (χ1v) is 8.75. The second-order valence-corrected chi connectivity index (χ2v) is 6.79. The number of aliphatic hydroxyl groups excluding tert-OH is 1. The number of rotatable bonds is 5. The van der Waals surface area contributed by atoms with Crippen molar-refractivity contribution < 1.29 is 5.11 Å². The maximum absolute atomic E-state index is 9.05. The quantitative estimate of drug-likeness (QED) is 0.665. The Morgan fingerprint density at radius 2 is 1.96 bits per heavy atom. The first kappa shape index (κ1) is 16.2. The van der Waals surface area contributed by atoms with Crippen molar-refractivity contribution in [2.75, 3.05) is 18.5 Å². The van der Waals surface area contributed by atoms with Crippen molar-refractivity contribution in [2.45, 2.75) is 19.8 Å². The topological polar surface area (TPSA) is 58.0 Å². The van der Waals surface area contributed by atoms with Gasteiger partial charge in [0, 0.05) is 17.5 Å². The highest BCUT2D eigenvalue weighted by molar-refractivity contribution is 7.17. The van der Waals surface area contributed by atoms with Gasteiger partial charge in [0.25, 0.3) is 0 Å². The van der Waals surface area contributed by atoms with E-state index in [2.05, 4.69) is 58.8 Å². The Bertz CT molecular complexity index is 815. The maximum atomic E-state index is 9.05. The number of hydrogen-bond acceptors (Lipinski definition) is 5. The van der Waals surface area contributed by atoms with E-state index in [1.165, 1.54) is 5.56 Å². The van der Waals surface area contributed by atoms with E-state index < -0.39 is 0 Å². The number of fused-ring (bicyclic) bond motifs is 1. The first-order chi connectivity index (χ1) is 11.1. The van der Waals surface area contributed by atoms with Gasteiger partial charge in [0.15, 0.2) is 0 Å². The minimum absolute atomic E-state index is 0.0334. The summed E-state index contributed by atoms with van der Waals surface area (Å²) < 4.78 is 0. The van der Waals surface area contributed by atoms with Crippen molar-refractivity contribution >= 4 is 39.0 Å². The smallest absolute Gasteiger partial charge is 0.225 e. The molecule has 0 atom stereocenters. The van der Waals surface area contributed by atoms with E-state index in [1.54, 1.807) is 11.3 Å². The van der Waals surface area contributed by atoms with E-state index in [0.29, 0.717) is 18.3 Å². The van der Waals surface area contributed by atoms with Crippen molar-refractivity contribution in [1.82, 2.24) is 9.97 Å². The lowest BCUT2D eigenvalue weighted by Crippen LogP contribution is -2.07. The van der Waals surface area contributed by atoms with Crippen LogP contribution in [0.1, 0.15) is 25.3 Å². The van der Waals surface area contributed by atoms with E-state index in [0.717, 1.165) is 21.3 Å². The van der Waals surface area contributed by atoms with Gasteiger partial charge in [-0.05, 0) is 28.6 Å². The average Bonchev–Trinajstić information content (AvgIpc) is 2.96. The Labute approximate surface area is 144 Å². The number of aromatic nitrogens is 2. The molecule has 0 radical (unpaired) electrons. The largest absolute Gasteiger partial charge is 0.395 e. The van der Waals surface area contributed by atoms with Gasteiger partial charge < -0.3 is 10.4 Å². The number of nitrogens with one attached hydrogen (secondary N) is 1. The lowest BCUT2D eigenvalue weighted by atomic mass is 9.99. The molecule has 0 unspecified atom stereocenters. The van der Waals surface area contributed by atoms with Gasteiger partial charge >= 0.3 is 0 Å². The molecule has 0 saturated carbocycles. The van der Waals surface area contributed by atoms with Crippen LogP contribution in [0.25, 0.3) is 21.3 Å². The molecule has 0 aliphatic carbocycles. The third-order valence-electron chi connectivity index (χ3n) is 3.70. The summed E-state index contributed by atoms with van der Waals surface area (Å²) in [5, 5.41) is 15.4. The Hall–Kier alpha value is -1.69. The van der Waals surface area contributed by atoms with Crippen LogP contribution in [0.3, 0.4) is 0 Å². The summed E-state index contributed by atoms with van der Waals surface area (Å²) in [5.74, 6) is 1.17. The summed E-state index contributed by atoms with van der Waals surface area (Å²) in [4.78, 5) is 9.43. The maximum Gasteiger partial charge on any atom is 0.225 e. The van der Waals surface area contributed by atoms with Gasteiger partial charge in [-0.15, -0.1) is 11.3 Å². The summed E-state index contributed by atoms with van der Waals surface area (Å²) in [6.45, 7) is 4.82. The van der Waals surface area contributed by atoms with Crippen molar-refractivity contribution in [3.8, 4) is 11.1 Å². The predicted molar refractivity (Wildman–Crippen MR) is 97.5 cm³/mol. The van der Waals surface area contributed by atoms with Crippen molar-refractivity contribution in [3.05, 3.63) is 40.5 Å². The summed E-state index contributed by atoms with van der Waals surface area (Å²) in [6, 6.07) is 8.56. The number of thiophene rings is 1. The highest BCUT2D eigenvalue weighted by atomic mass is 35.5. The Kier molecular flexibility index (Phi) is 4.80. The Balaban J connectivity index is 2.10. The summed E-state index contributed by atoms with van der Waals surface area (Å²) in [7, 11) is 0. The standard InChI is InChI=1S/C17H18ClN3OS/c1-10(2)11-3-5-12(6-4-11)13-9-23-16-14(13)15(19-7-8-22)20-17(18)21-16/h3-6,9-10,22H,7-8H2,1-2H3,(H,19,20,21). The van der Waals surface area contributed by atoms with Crippen LogP contribution in [0.15, 0.2) is 29.6 Å². The van der Waals surface area contributed by atoms with Gasteiger partial charge in [-0.25, -0.2) is 9.97 Å². The van der Waals surface area contributed by atoms with Crippen LogP contribution in [0.5, 0.6) is 0 Å². The molecule has 0 aliphatic rings. The van der Waals surface area contributed by atoms with Crippen molar-refractivity contribution in [3.63, 3.8) is 0 Å². The zero-order valence-corrected chi connectivity index (χ0v) is 14.6. The first-order valence-electron chi connectivity index (χ1n) is 7.50. The molecule has 0 saturated heterocycles. The molecule has 1 aromatic carbocycles. The van der Waals surface area contributed by atoms with Gasteiger partial charge in [-0.2, -0.15) is 0 Å². The van der Waals surface area contributed by atoms with Crippen LogP contribution in [-0.4, -0.2) is 28.2 Å². The minimum atomic E-state index is 0.0334. The molecule has 120 valence electrons. The normalized spacial score (nSPS) is 11.3. The van der Waals surface area contributed by atoms with Crippen molar-refractivity contribution in [1.29, 1.82) is 0 Å². The van der Waals surface area contributed by atoms with Gasteiger partial charge in [-0.1, -0.05) is 38.1 Å². The third kappa shape index (κ3) is 3.32. The van der Waals surface area contributed by atoms with Gasteiger partial charge in [-0.3, -0.25) is 0 Å². The fraction of sp³-hybridized carbons (Fsp3) is 0.294. The van der Waals surface area contributed by atoms with Crippen LogP contribution in [0.2, 0.25) is 5.28 Å². The van der Waals surface area contributed by atoms with Gasteiger partial charge in [0.05, 0.1) is 12.0 Å². The summed E-state index contributed by atoms with van der Waals surface area (Å²) in [6.07, 6.45) is 0. The molecular formula is C17H18ClN3OS. The van der Waals surface area contributed by atoms with E-state index in [9.17, 15) is 0 Å². The fourth-order valence-corrected chi connectivity index (χ4v) is 3.64. The van der Waals surface area contributed by atoms with E-state index >= 15 is 0 Å².